The van der Waals surface area contributed by atoms with Crippen LogP contribution in [0.3, 0.4) is 0 Å². The third kappa shape index (κ3) is 4.20. The summed E-state index contributed by atoms with van der Waals surface area (Å²) >= 11 is 0. The molecule has 5 nitrogen and oxygen atoms in total. The molecule has 0 unspecified atom stereocenters. The Balaban J connectivity index is 1.18. The molecule has 5 aliphatic rings. The van der Waals surface area contributed by atoms with E-state index in [9.17, 15) is 9.59 Å². The number of carbonyl (C=O) groups excluding carboxylic acids is 2. The van der Waals surface area contributed by atoms with Gasteiger partial charge in [-0.1, -0.05) is 18.2 Å². The standard InChI is InChI=1S/C26H37N3O2/c1-28(18-22-7-3-4-8-23(22)29-9-5-2-6-10-29)24(30)17-27-25(31)26-14-19-11-20(15-26)13-21(12-19)16-26/h3-4,7-8,19-21H,2,5-6,9-18H2,1H3,(H,27,31). The lowest BCUT2D eigenvalue weighted by Gasteiger charge is -2.55. The number of piperidine rings is 1. The molecule has 4 bridgehead atoms. The van der Waals surface area contributed by atoms with Crippen molar-refractivity contribution in [3.05, 3.63) is 29.8 Å². The lowest BCUT2D eigenvalue weighted by molar-refractivity contribution is -0.147. The minimum Gasteiger partial charge on any atom is -0.371 e. The summed E-state index contributed by atoms with van der Waals surface area (Å²) in [6.45, 7) is 2.88. The molecule has 5 heteroatoms. The fourth-order valence-corrected chi connectivity index (χ4v) is 7.30. The van der Waals surface area contributed by atoms with E-state index in [1.807, 2.05) is 7.05 Å². The molecule has 4 saturated carbocycles. The number of hydrogen-bond donors (Lipinski definition) is 1. The van der Waals surface area contributed by atoms with Gasteiger partial charge in [-0.25, -0.2) is 0 Å². The highest BCUT2D eigenvalue weighted by atomic mass is 16.2. The number of anilines is 1. The molecule has 2 amide bonds. The molecule has 0 radical (unpaired) electrons. The Labute approximate surface area is 186 Å². The molecule has 1 aromatic carbocycles. The average Bonchev–Trinajstić information content (AvgIpc) is 2.77. The summed E-state index contributed by atoms with van der Waals surface area (Å²) in [7, 11) is 1.85. The van der Waals surface area contributed by atoms with E-state index in [0.29, 0.717) is 6.54 Å². The van der Waals surface area contributed by atoms with Crippen molar-refractivity contribution in [3.8, 4) is 0 Å². The molecule has 0 aromatic heterocycles. The van der Waals surface area contributed by atoms with Crippen molar-refractivity contribution in [2.45, 2.75) is 64.3 Å². The number of likely N-dealkylation sites (N-methyl/N-ethyl adjacent to an activating group) is 1. The van der Waals surface area contributed by atoms with Gasteiger partial charge in [0.2, 0.25) is 11.8 Å². The first-order valence-electron chi connectivity index (χ1n) is 12.4. The van der Waals surface area contributed by atoms with E-state index in [0.717, 1.165) is 50.1 Å². The van der Waals surface area contributed by atoms with Crippen LogP contribution >= 0.6 is 0 Å². The minimum atomic E-state index is -0.186. The van der Waals surface area contributed by atoms with Crippen LogP contribution in [-0.4, -0.2) is 43.4 Å². The predicted molar refractivity (Wildman–Crippen MR) is 123 cm³/mol. The van der Waals surface area contributed by atoms with Gasteiger partial charge in [-0.3, -0.25) is 9.59 Å². The highest BCUT2D eigenvalue weighted by Gasteiger charge is 2.54. The van der Waals surface area contributed by atoms with Crippen molar-refractivity contribution in [3.63, 3.8) is 0 Å². The van der Waals surface area contributed by atoms with Crippen molar-refractivity contribution in [1.82, 2.24) is 10.2 Å². The molecular formula is C26H37N3O2. The first kappa shape index (κ1) is 20.8. The summed E-state index contributed by atoms with van der Waals surface area (Å²) in [5.74, 6) is 2.35. The largest absolute Gasteiger partial charge is 0.371 e. The molecule has 1 saturated heterocycles. The number of rotatable bonds is 6. The maximum atomic E-state index is 13.2. The summed E-state index contributed by atoms with van der Waals surface area (Å²) in [5, 5.41) is 3.04. The van der Waals surface area contributed by atoms with E-state index in [4.69, 9.17) is 0 Å². The van der Waals surface area contributed by atoms with Crippen LogP contribution < -0.4 is 10.2 Å². The van der Waals surface area contributed by atoms with Crippen molar-refractivity contribution < 1.29 is 9.59 Å². The molecule has 1 heterocycles. The zero-order valence-electron chi connectivity index (χ0n) is 18.9. The second-order valence-electron chi connectivity index (χ2n) is 10.8. The predicted octanol–water partition coefficient (Wildman–Crippen LogP) is 3.97. The molecular weight excluding hydrogens is 386 g/mol. The van der Waals surface area contributed by atoms with Crippen LogP contribution in [0.1, 0.15) is 63.4 Å². The number of para-hydroxylation sites is 1. The monoisotopic (exact) mass is 423 g/mol. The van der Waals surface area contributed by atoms with Gasteiger partial charge in [0, 0.05) is 37.8 Å². The Bertz CT molecular complexity index is 794. The molecule has 31 heavy (non-hydrogen) atoms. The summed E-state index contributed by atoms with van der Waals surface area (Å²) in [4.78, 5) is 30.2. The van der Waals surface area contributed by atoms with Gasteiger partial charge >= 0.3 is 0 Å². The van der Waals surface area contributed by atoms with Gasteiger partial charge < -0.3 is 15.1 Å². The third-order valence-electron chi connectivity index (χ3n) is 8.44. The number of benzene rings is 1. The number of nitrogens with one attached hydrogen (secondary N) is 1. The molecule has 1 aliphatic heterocycles. The van der Waals surface area contributed by atoms with Gasteiger partial charge in [-0.05, 0) is 87.2 Å². The van der Waals surface area contributed by atoms with Crippen LogP contribution in [0.4, 0.5) is 5.69 Å². The van der Waals surface area contributed by atoms with Gasteiger partial charge in [-0.15, -0.1) is 0 Å². The van der Waals surface area contributed by atoms with Crippen LogP contribution in [0.15, 0.2) is 24.3 Å². The molecule has 5 fully saturated rings. The van der Waals surface area contributed by atoms with Crippen LogP contribution in [0, 0.1) is 23.2 Å². The Hall–Kier alpha value is -2.04. The summed E-state index contributed by atoms with van der Waals surface area (Å²) in [6, 6.07) is 8.44. The lowest BCUT2D eigenvalue weighted by Crippen LogP contribution is -2.54. The number of hydrogen-bond acceptors (Lipinski definition) is 3. The average molecular weight is 424 g/mol. The Morgan fingerprint density at radius 1 is 1.00 bits per heavy atom. The summed E-state index contributed by atoms with van der Waals surface area (Å²) in [6.07, 6.45) is 10.9. The maximum Gasteiger partial charge on any atom is 0.242 e. The Morgan fingerprint density at radius 3 is 2.26 bits per heavy atom. The molecule has 0 spiro atoms. The number of amides is 2. The molecule has 168 valence electrons. The summed E-state index contributed by atoms with van der Waals surface area (Å²) in [5.41, 5.74) is 2.25. The van der Waals surface area contributed by atoms with Crippen molar-refractivity contribution in [2.24, 2.45) is 23.2 Å². The van der Waals surface area contributed by atoms with Gasteiger partial charge in [0.25, 0.3) is 0 Å². The van der Waals surface area contributed by atoms with Crippen molar-refractivity contribution in [1.29, 1.82) is 0 Å². The lowest BCUT2D eigenvalue weighted by atomic mass is 9.49. The molecule has 0 atom stereocenters. The van der Waals surface area contributed by atoms with Crippen molar-refractivity contribution in [2.75, 3.05) is 31.6 Å². The zero-order chi connectivity index (χ0) is 21.4. The van der Waals surface area contributed by atoms with Crippen LogP contribution in [0.2, 0.25) is 0 Å². The second kappa shape index (κ2) is 8.48. The topological polar surface area (TPSA) is 52.6 Å². The molecule has 1 N–H and O–H groups in total. The highest BCUT2D eigenvalue weighted by molar-refractivity contribution is 5.88. The van der Waals surface area contributed by atoms with E-state index in [2.05, 4.69) is 34.5 Å². The molecule has 4 aliphatic carbocycles. The Kier molecular flexibility index (Phi) is 5.70. The van der Waals surface area contributed by atoms with E-state index < -0.39 is 0 Å². The number of nitrogens with zero attached hydrogens (tertiary/aromatic N) is 2. The van der Waals surface area contributed by atoms with E-state index in [1.165, 1.54) is 49.8 Å². The van der Waals surface area contributed by atoms with Gasteiger partial charge in [-0.2, -0.15) is 0 Å². The van der Waals surface area contributed by atoms with E-state index >= 15 is 0 Å². The highest BCUT2D eigenvalue weighted by Crippen LogP contribution is 2.60. The van der Waals surface area contributed by atoms with Crippen molar-refractivity contribution >= 4 is 17.5 Å². The maximum absolute atomic E-state index is 13.2. The van der Waals surface area contributed by atoms with Crippen LogP contribution in [0.5, 0.6) is 0 Å². The van der Waals surface area contributed by atoms with Crippen LogP contribution in [-0.2, 0) is 16.1 Å². The SMILES string of the molecule is CN(Cc1ccccc1N1CCCCC1)C(=O)CNC(=O)C12CC3CC(CC(C3)C1)C2. The van der Waals surface area contributed by atoms with E-state index in [1.54, 1.807) is 4.90 Å². The molecule has 6 rings (SSSR count). The summed E-state index contributed by atoms with van der Waals surface area (Å²) < 4.78 is 0. The zero-order valence-corrected chi connectivity index (χ0v) is 18.9. The normalized spacial score (nSPS) is 31.5. The first-order valence-corrected chi connectivity index (χ1v) is 12.4. The van der Waals surface area contributed by atoms with Gasteiger partial charge in [0.15, 0.2) is 0 Å². The smallest absolute Gasteiger partial charge is 0.242 e. The Morgan fingerprint density at radius 2 is 1.61 bits per heavy atom. The fraction of sp³-hybridized carbons (Fsp3) is 0.692. The minimum absolute atomic E-state index is 0.00785. The van der Waals surface area contributed by atoms with Gasteiger partial charge in [0.1, 0.15) is 0 Å². The first-order chi connectivity index (χ1) is 15.0. The van der Waals surface area contributed by atoms with Gasteiger partial charge in [0.05, 0.1) is 6.54 Å². The quantitative estimate of drug-likeness (QED) is 0.753. The van der Waals surface area contributed by atoms with E-state index in [-0.39, 0.29) is 23.8 Å². The molecule has 1 aromatic rings. The number of carbonyl (C=O) groups is 2. The second-order valence-corrected chi connectivity index (χ2v) is 10.8. The fourth-order valence-electron chi connectivity index (χ4n) is 7.30. The third-order valence-corrected chi connectivity index (χ3v) is 8.44. The van der Waals surface area contributed by atoms with Crippen LogP contribution in [0.25, 0.3) is 0 Å².